The van der Waals surface area contributed by atoms with Crippen LogP contribution in [0, 0.1) is 6.92 Å². The minimum atomic E-state index is 0.136. The predicted octanol–water partition coefficient (Wildman–Crippen LogP) is 2.91. The molecule has 1 aliphatic heterocycles. The van der Waals surface area contributed by atoms with E-state index >= 15 is 0 Å². The molecule has 0 bridgehead atoms. The summed E-state index contributed by atoms with van der Waals surface area (Å²) >= 11 is 0. The van der Waals surface area contributed by atoms with Gasteiger partial charge in [0.1, 0.15) is 0 Å². The summed E-state index contributed by atoms with van der Waals surface area (Å²) in [6, 6.07) is 7.96. The molecule has 0 radical (unpaired) electrons. The molecule has 1 atom stereocenters. The predicted molar refractivity (Wildman–Crippen MR) is 82.4 cm³/mol. The van der Waals surface area contributed by atoms with Gasteiger partial charge in [0.2, 0.25) is 0 Å². The Bertz CT molecular complexity index is 630. The summed E-state index contributed by atoms with van der Waals surface area (Å²) in [6.45, 7) is 5.77. The molecule has 1 amide bonds. The Morgan fingerprint density at radius 1 is 1.38 bits per heavy atom. The first-order valence-electron chi connectivity index (χ1n) is 7.57. The van der Waals surface area contributed by atoms with Gasteiger partial charge in [-0.25, -0.2) is 0 Å². The lowest BCUT2D eigenvalue weighted by atomic mass is 10.0. The van der Waals surface area contributed by atoms with Crippen LogP contribution in [0.2, 0.25) is 0 Å². The molecule has 0 saturated carbocycles. The van der Waals surface area contributed by atoms with Crippen molar-refractivity contribution in [2.75, 3.05) is 13.1 Å². The highest BCUT2D eigenvalue weighted by atomic mass is 16.2. The number of rotatable bonds is 3. The number of carbonyl (C=O) groups is 1. The van der Waals surface area contributed by atoms with Gasteiger partial charge < -0.3 is 4.90 Å². The third-order valence-electron chi connectivity index (χ3n) is 4.36. The van der Waals surface area contributed by atoms with Crippen LogP contribution in [-0.2, 0) is 6.42 Å². The molecule has 1 aromatic carbocycles. The van der Waals surface area contributed by atoms with Gasteiger partial charge in [-0.15, -0.1) is 0 Å². The molecule has 110 valence electrons. The van der Waals surface area contributed by atoms with Crippen LogP contribution in [-0.4, -0.2) is 34.1 Å². The zero-order valence-corrected chi connectivity index (χ0v) is 12.6. The largest absolute Gasteiger partial charge is 0.338 e. The first kappa shape index (κ1) is 13.9. The fraction of sp³-hybridized carbons (Fsp3) is 0.412. The lowest BCUT2D eigenvalue weighted by Gasteiger charge is -2.16. The van der Waals surface area contributed by atoms with Gasteiger partial charge in [-0.3, -0.25) is 9.89 Å². The Hall–Kier alpha value is -2.10. The number of hydrogen-bond acceptors (Lipinski definition) is 2. The first-order chi connectivity index (χ1) is 10.2. The molecule has 3 rings (SSSR count). The second kappa shape index (κ2) is 5.72. The average Bonchev–Trinajstić information content (AvgIpc) is 3.15. The lowest BCUT2D eigenvalue weighted by Crippen LogP contribution is -2.28. The highest BCUT2D eigenvalue weighted by Crippen LogP contribution is 2.28. The molecule has 0 spiro atoms. The Balaban J connectivity index is 1.70. The van der Waals surface area contributed by atoms with Crippen molar-refractivity contribution >= 4 is 5.91 Å². The van der Waals surface area contributed by atoms with Crippen molar-refractivity contribution in [3.8, 4) is 0 Å². The van der Waals surface area contributed by atoms with Crippen molar-refractivity contribution in [3.05, 3.63) is 52.8 Å². The van der Waals surface area contributed by atoms with Crippen molar-refractivity contribution in [2.45, 2.75) is 32.6 Å². The van der Waals surface area contributed by atoms with Crippen molar-refractivity contribution in [1.29, 1.82) is 0 Å². The fourth-order valence-electron chi connectivity index (χ4n) is 3.02. The molecule has 1 saturated heterocycles. The first-order valence-corrected chi connectivity index (χ1v) is 7.57. The third kappa shape index (κ3) is 2.71. The average molecular weight is 283 g/mol. The number of nitrogens with one attached hydrogen (secondary N) is 1. The topological polar surface area (TPSA) is 49.0 Å². The van der Waals surface area contributed by atoms with E-state index in [0.717, 1.165) is 31.5 Å². The molecule has 21 heavy (non-hydrogen) atoms. The van der Waals surface area contributed by atoms with Gasteiger partial charge in [0.25, 0.3) is 5.91 Å². The molecule has 1 aliphatic rings. The molecule has 1 unspecified atom stereocenters. The van der Waals surface area contributed by atoms with Gasteiger partial charge in [0.05, 0.1) is 6.20 Å². The molecular formula is C17H21N3O. The number of aryl methyl sites for hydroxylation is 2. The van der Waals surface area contributed by atoms with Gasteiger partial charge in [-0.1, -0.05) is 19.1 Å². The summed E-state index contributed by atoms with van der Waals surface area (Å²) in [7, 11) is 0. The normalized spacial score (nSPS) is 18.2. The Morgan fingerprint density at radius 3 is 2.76 bits per heavy atom. The lowest BCUT2D eigenvalue weighted by molar-refractivity contribution is 0.0790. The summed E-state index contributed by atoms with van der Waals surface area (Å²) in [5.41, 5.74) is 4.40. The Morgan fingerprint density at radius 2 is 2.14 bits per heavy atom. The van der Waals surface area contributed by atoms with Crippen LogP contribution >= 0.6 is 0 Å². The van der Waals surface area contributed by atoms with Crippen molar-refractivity contribution in [2.24, 2.45) is 0 Å². The van der Waals surface area contributed by atoms with Crippen molar-refractivity contribution in [3.63, 3.8) is 0 Å². The molecule has 4 heteroatoms. The zero-order chi connectivity index (χ0) is 14.8. The number of aromatic nitrogens is 2. The number of carbonyl (C=O) groups excluding carboxylic acids is 1. The maximum absolute atomic E-state index is 12.5. The van der Waals surface area contributed by atoms with Crippen LogP contribution in [0.5, 0.6) is 0 Å². The molecular weight excluding hydrogens is 262 g/mol. The summed E-state index contributed by atoms with van der Waals surface area (Å²) in [4.78, 5) is 14.5. The van der Waals surface area contributed by atoms with Crippen molar-refractivity contribution in [1.82, 2.24) is 15.1 Å². The second-order valence-electron chi connectivity index (χ2n) is 5.75. The number of H-pyrrole nitrogens is 1. The van der Waals surface area contributed by atoms with E-state index in [9.17, 15) is 4.79 Å². The molecule has 1 aromatic heterocycles. The van der Waals surface area contributed by atoms with Gasteiger partial charge >= 0.3 is 0 Å². The van der Waals surface area contributed by atoms with E-state index in [2.05, 4.69) is 24.0 Å². The number of likely N-dealkylation sites (tertiary alicyclic amines) is 1. The zero-order valence-electron chi connectivity index (χ0n) is 12.6. The molecule has 1 N–H and O–H groups in total. The van der Waals surface area contributed by atoms with Crippen LogP contribution in [0.4, 0.5) is 0 Å². The Kier molecular flexibility index (Phi) is 3.78. The van der Waals surface area contributed by atoms with Crippen molar-refractivity contribution < 1.29 is 4.79 Å². The standard InChI is InChI=1S/C17H21N3O/c1-3-13-4-6-14(7-5-13)17(21)20-9-8-15(11-20)16-12(2)10-18-19-16/h4-7,10,15H,3,8-9,11H2,1-2H3,(H,18,19). The van der Waals surface area contributed by atoms with E-state index in [-0.39, 0.29) is 5.91 Å². The highest BCUT2D eigenvalue weighted by molar-refractivity contribution is 5.94. The Labute approximate surface area is 125 Å². The van der Waals surface area contributed by atoms with E-state index in [1.54, 1.807) is 0 Å². The molecule has 4 nitrogen and oxygen atoms in total. The quantitative estimate of drug-likeness (QED) is 0.941. The van der Waals surface area contributed by atoms with E-state index < -0.39 is 0 Å². The minimum Gasteiger partial charge on any atom is -0.338 e. The molecule has 2 heterocycles. The number of hydrogen-bond donors (Lipinski definition) is 1. The van der Waals surface area contributed by atoms with Crippen LogP contribution in [0.1, 0.15) is 46.4 Å². The van der Waals surface area contributed by atoms with E-state index in [1.807, 2.05) is 35.4 Å². The van der Waals surface area contributed by atoms with Gasteiger partial charge in [-0.2, -0.15) is 5.10 Å². The minimum absolute atomic E-state index is 0.136. The number of aromatic amines is 1. The van der Waals surface area contributed by atoms with Gasteiger partial charge in [0, 0.05) is 30.3 Å². The maximum atomic E-state index is 12.5. The molecule has 2 aromatic rings. The van der Waals surface area contributed by atoms with Crippen LogP contribution in [0.3, 0.4) is 0 Å². The number of benzene rings is 1. The molecule has 1 fully saturated rings. The van der Waals surface area contributed by atoms with Gasteiger partial charge in [-0.05, 0) is 43.0 Å². The summed E-state index contributed by atoms with van der Waals surface area (Å²) in [5, 5.41) is 7.16. The summed E-state index contributed by atoms with van der Waals surface area (Å²) < 4.78 is 0. The SMILES string of the molecule is CCc1ccc(C(=O)N2CCC(c3[nH]ncc3C)C2)cc1. The van der Waals surface area contributed by atoms with Crippen LogP contribution < -0.4 is 0 Å². The van der Waals surface area contributed by atoms with Crippen LogP contribution in [0.15, 0.2) is 30.5 Å². The molecule has 0 aliphatic carbocycles. The smallest absolute Gasteiger partial charge is 0.253 e. The summed E-state index contributed by atoms with van der Waals surface area (Å²) in [6.07, 6.45) is 3.85. The maximum Gasteiger partial charge on any atom is 0.253 e. The summed E-state index contributed by atoms with van der Waals surface area (Å²) in [5.74, 6) is 0.517. The monoisotopic (exact) mass is 283 g/mol. The number of amides is 1. The van der Waals surface area contributed by atoms with E-state index in [4.69, 9.17) is 0 Å². The second-order valence-corrected chi connectivity index (χ2v) is 5.75. The fourth-order valence-corrected chi connectivity index (χ4v) is 3.02. The van der Waals surface area contributed by atoms with E-state index in [1.165, 1.54) is 16.8 Å². The van der Waals surface area contributed by atoms with E-state index in [0.29, 0.717) is 5.92 Å². The van der Waals surface area contributed by atoms with Crippen LogP contribution in [0.25, 0.3) is 0 Å². The highest BCUT2D eigenvalue weighted by Gasteiger charge is 2.29. The third-order valence-corrected chi connectivity index (χ3v) is 4.36. The number of nitrogens with zero attached hydrogens (tertiary/aromatic N) is 2. The van der Waals surface area contributed by atoms with Gasteiger partial charge in [0.15, 0.2) is 0 Å².